The normalized spacial score (nSPS) is 10.3. The van der Waals surface area contributed by atoms with Gasteiger partial charge in [0.2, 0.25) is 5.91 Å². The van der Waals surface area contributed by atoms with Gasteiger partial charge in [-0.1, -0.05) is 70.4 Å². The zero-order valence-electron chi connectivity index (χ0n) is 14.8. The second-order valence-electron chi connectivity index (χ2n) is 5.87. The number of unbranched alkanes of at least 4 members (excludes halogenated alkanes) is 11. The second-order valence-corrected chi connectivity index (χ2v) is 6.15. The third-order valence-electron chi connectivity index (χ3n) is 3.68. The number of rotatable bonds is 15. The molecule has 0 rings (SSSR count). The van der Waals surface area contributed by atoms with E-state index in [2.05, 4.69) is 19.1 Å². The van der Waals surface area contributed by atoms with E-state index >= 15 is 0 Å². The number of carbonyl (C=O) groups is 1. The molecular weight excluding hydrogens is 357 g/mol. The summed E-state index contributed by atoms with van der Waals surface area (Å²) in [4.78, 5) is 10.5. The number of allylic oxidation sites excluding steroid dienone is 2. The Bertz CT molecular complexity index is 313. The van der Waals surface area contributed by atoms with Crippen molar-refractivity contribution in [2.75, 3.05) is 0 Å². The summed E-state index contributed by atoms with van der Waals surface area (Å²) in [6.07, 6.45) is 21.9. The van der Waals surface area contributed by atoms with Crippen molar-refractivity contribution in [1.82, 2.24) is 0 Å². The van der Waals surface area contributed by atoms with E-state index in [4.69, 9.17) is 13.4 Å². The molecule has 0 fully saturated rings. The topological polar surface area (TPSA) is 77.2 Å². The van der Waals surface area contributed by atoms with Gasteiger partial charge < -0.3 is 5.73 Å². The van der Waals surface area contributed by atoms with Gasteiger partial charge in [-0.3, -0.25) is 4.79 Å². The molecule has 1 amide bonds. The van der Waals surface area contributed by atoms with Crippen molar-refractivity contribution in [2.24, 2.45) is 5.73 Å². The van der Waals surface area contributed by atoms with Crippen LogP contribution in [0.15, 0.2) is 12.2 Å². The Hall–Kier alpha value is -0.671. The van der Waals surface area contributed by atoms with Crippen LogP contribution in [0.25, 0.3) is 0 Å². The third kappa shape index (κ3) is 29.9. The maximum atomic E-state index is 10.5. The quantitative estimate of drug-likeness (QED) is 0.245. The van der Waals surface area contributed by atoms with E-state index in [0.717, 1.165) is 12.8 Å². The minimum absolute atomic E-state index is 0.164. The minimum atomic E-state index is -1.62. The molecule has 0 aliphatic rings. The molecule has 0 radical (unpaired) electrons. The molecule has 0 saturated carbocycles. The summed E-state index contributed by atoms with van der Waals surface area (Å²) in [5.74, 6) is -0.164. The molecule has 0 aromatic rings. The average molecular weight is 392 g/mol. The van der Waals surface area contributed by atoms with Crippen molar-refractivity contribution < 1.29 is 12.5 Å². The molecule has 0 aromatic heterocycles. The van der Waals surface area contributed by atoms with Crippen molar-refractivity contribution in [1.29, 1.82) is 0 Å². The Kier molecular flexibility index (Phi) is 25.2. The van der Waals surface area contributed by atoms with Crippen LogP contribution in [0.3, 0.4) is 0 Å². The van der Waals surface area contributed by atoms with E-state index in [-0.39, 0.29) is 5.91 Å². The SMILES string of the molecule is CCCCCCCC/C=C\CCCCCCCC(N)=O.O=[Se]=O. The Labute approximate surface area is 148 Å². The molecule has 0 unspecified atom stereocenters. The summed E-state index contributed by atoms with van der Waals surface area (Å²) in [6, 6.07) is 0. The van der Waals surface area contributed by atoms with Crippen LogP contribution in [0.2, 0.25) is 0 Å². The first-order chi connectivity index (χ1) is 11.2. The van der Waals surface area contributed by atoms with E-state index in [0.29, 0.717) is 6.42 Å². The van der Waals surface area contributed by atoms with Crippen LogP contribution >= 0.6 is 0 Å². The van der Waals surface area contributed by atoms with Gasteiger partial charge in [-0.25, -0.2) is 0 Å². The molecular formula is C18H35NO3Se. The Morgan fingerprint density at radius 3 is 1.61 bits per heavy atom. The second kappa shape index (κ2) is 23.6. The molecule has 136 valence electrons. The standard InChI is InChI=1S/C18H35NO.O2Se/c1-2-3-4-5-6-7-8-9-10-11-12-13-14-15-16-17-18(19)20;1-3-2/h9-10H,2-8,11-17H2,1H3,(H2,19,20);/b10-9-;. The van der Waals surface area contributed by atoms with Crippen LogP contribution in [0.1, 0.15) is 96.8 Å². The van der Waals surface area contributed by atoms with Gasteiger partial charge in [-0.2, -0.15) is 0 Å². The molecule has 0 bridgehead atoms. The van der Waals surface area contributed by atoms with Crippen molar-refractivity contribution in [3.05, 3.63) is 12.2 Å². The molecule has 4 nitrogen and oxygen atoms in total. The molecule has 0 spiro atoms. The van der Waals surface area contributed by atoms with Gasteiger partial charge in [-0.15, -0.1) is 0 Å². The summed E-state index contributed by atoms with van der Waals surface area (Å²) in [6.45, 7) is 2.26. The predicted molar refractivity (Wildman–Crippen MR) is 95.8 cm³/mol. The molecule has 0 heterocycles. The van der Waals surface area contributed by atoms with Gasteiger partial charge in [0.25, 0.3) is 0 Å². The van der Waals surface area contributed by atoms with E-state index in [1.807, 2.05) is 0 Å². The van der Waals surface area contributed by atoms with Crippen molar-refractivity contribution in [2.45, 2.75) is 96.8 Å². The van der Waals surface area contributed by atoms with Gasteiger partial charge >= 0.3 is 22.5 Å². The Morgan fingerprint density at radius 2 is 1.17 bits per heavy atom. The zero-order valence-corrected chi connectivity index (χ0v) is 16.5. The molecule has 0 saturated heterocycles. The fourth-order valence-electron chi connectivity index (χ4n) is 2.37. The van der Waals surface area contributed by atoms with Crippen LogP contribution in [-0.2, 0) is 12.5 Å². The van der Waals surface area contributed by atoms with Crippen LogP contribution in [0.4, 0.5) is 0 Å². The van der Waals surface area contributed by atoms with Gasteiger partial charge in [0, 0.05) is 6.42 Å². The molecule has 23 heavy (non-hydrogen) atoms. The molecule has 0 aliphatic carbocycles. The number of hydrogen-bond donors (Lipinski definition) is 1. The van der Waals surface area contributed by atoms with Crippen LogP contribution < -0.4 is 5.73 Å². The average Bonchev–Trinajstić information content (AvgIpc) is 2.51. The van der Waals surface area contributed by atoms with Gasteiger partial charge in [0.1, 0.15) is 0 Å². The summed E-state index contributed by atoms with van der Waals surface area (Å²) >= 11 is -1.62. The first kappa shape index (κ1) is 24.6. The fraction of sp³-hybridized carbons (Fsp3) is 0.833. The summed E-state index contributed by atoms with van der Waals surface area (Å²) in [5.41, 5.74) is 5.10. The van der Waals surface area contributed by atoms with Crippen LogP contribution in [-0.4, -0.2) is 20.7 Å². The first-order valence-corrected chi connectivity index (χ1v) is 10.4. The number of hydrogen-bond acceptors (Lipinski definition) is 3. The van der Waals surface area contributed by atoms with Crippen molar-refractivity contribution >= 4 is 20.7 Å². The predicted octanol–water partition coefficient (Wildman–Crippen LogP) is 4.89. The van der Waals surface area contributed by atoms with Gasteiger partial charge in [-0.05, 0) is 32.1 Å². The van der Waals surface area contributed by atoms with Crippen LogP contribution in [0, 0.1) is 0 Å². The Balaban J connectivity index is 0. The molecule has 0 aromatic carbocycles. The molecule has 0 atom stereocenters. The summed E-state index contributed by atoms with van der Waals surface area (Å²) < 4.78 is 16.9. The fourth-order valence-corrected chi connectivity index (χ4v) is 2.37. The van der Waals surface area contributed by atoms with Crippen LogP contribution in [0.5, 0.6) is 0 Å². The molecule has 2 N–H and O–H groups in total. The maximum absolute atomic E-state index is 10.5. The first-order valence-electron chi connectivity index (χ1n) is 9.04. The molecule has 5 heteroatoms. The third-order valence-corrected chi connectivity index (χ3v) is 3.68. The summed E-state index contributed by atoms with van der Waals surface area (Å²) in [7, 11) is 0. The number of amides is 1. The number of carbonyl (C=O) groups excluding carboxylic acids is 1. The van der Waals surface area contributed by atoms with Gasteiger partial charge in [0.05, 0.1) is 0 Å². The van der Waals surface area contributed by atoms with E-state index in [9.17, 15) is 4.79 Å². The van der Waals surface area contributed by atoms with E-state index in [1.54, 1.807) is 0 Å². The number of primary amides is 1. The zero-order chi connectivity index (χ0) is 17.6. The van der Waals surface area contributed by atoms with E-state index < -0.39 is 14.8 Å². The van der Waals surface area contributed by atoms with Crippen molar-refractivity contribution in [3.63, 3.8) is 0 Å². The monoisotopic (exact) mass is 393 g/mol. The molecule has 0 aliphatic heterocycles. The number of nitrogens with two attached hydrogens (primary N) is 1. The Morgan fingerprint density at radius 1 is 0.783 bits per heavy atom. The van der Waals surface area contributed by atoms with Crippen molar-refractivity contribution in [3.8, 4) is 0 Å². The van der Waals surface area contributed by atoms with Gasteiger partial charge in [0.15, 0.2) is 0 Å². The summed E-state index contributed by atoms with van der Waals surface area (Å²) in [5, 5.41) is 0. The van der Waals surface area contributed by atoms with E-state index in [1.165, 1.54) is 70.6 Å².